The molecule has 3 aromatic rings. The molecule has 1 heterocycles. The van der Waals surface area contributed by atoms with Crippen molar-refractivity contribution < 1.29 is 9.53 Å². The fraction of sp³-hybridized carbons (Fsp3) is 0.150. The molecule has 0 spiro atoms. The quantitative estimate of drug-likeness (QED) is 0.472. The van der Waals surface area contributed by atoms with E-state index in [-0.39, 0.29) is 5.91 Å². The number of hydrazone groups is 1. The molecule has 2 aromatic carbocycles. The highest BCUT2D eigenvalue weighted by Gasteiger charge is 2.17. The predicted molar refractivity (Wildman–Crippen MR) is 110 cm³/mol. The third-order valence-electron chi connectivity index (χ3n) is 3.84. The normalized spacial score (nSPS) is 10.8. The molecule has 3 rings (SSSR count). The summed E-state index contributed by atoms with van der Waals surface area (Å²) in [6.45, 7) is 1.52. The van der Waals surface area contributed by atoms with Gasteiger partial charge in [-0.2, -0.15) is 5.10 Å². The molecule has 0 aliphatic heterocycles. The Kier molecular flexibility index (Phi) is 5.83. The monoisotopic (exact) mass is 380 g/mol. The van der Waals surface area contributed by atoms with Gasteiger partial charge in [0.1, 0.15) is 5.75 Å². The molecule has 27 heavy (non-hydrogen) atoms. The molecule has 6 nitrogen and oxygen atoms in total. The number of benzene rings is 2. The van der Waals surface area contributed by atoms with E-state index in [4.69, 9.17) is 4.74 Å². The molecule has 0 radical (unpaired) electrons. The Morgan fingerprint density at radius 2 is 1.81 bits per heavy atom. The van der Waals surface area contributed by atoms with Gasteiger partial charge in [-0.3, -0.25) is 14.7 Å². The second-order valence-corrected chi connectivity index (χ2v) is 6.55. The molecule has 0 unspecified atom stereocenters. The van der Waals surface area contributed by atoms with Crippen LogP contribution in [0.2, 0.25) is 0 Å². The van der Waals surface area contributed by atoms with Crippen LogP contribution in [0.25, 0.3) is 0 Å². The van der Waals surface area contributed by atoms with Crippen LogP contribution in [-0.2, 0) is 4.79 Å². The summed E-state index contributed by atoms with van der Waals surface area (Å²) >= 11 is 1.39. The standard InChI is InChI=1S/C20H20N4O2S/c1-15(25)24(18-9-11-19(26-3)12-10-18)20-22-16(14-27-20)13-21-23(2)17-7-5-4-6-8-17/h4-14H,1-3H3/b21-13-. The van der Waals surface area contributed by atoms with Crippen molar-refractivity contribution in [1.29, 1.82) is 0 Å². The van der Waals surface area contributed by atoms with Crippen LogP contribution in [0.3, 0.4) is 0 Å². The van der Waals surface area contributed by atoms with Crippen LogP contribution in [0, 0.1) is 0 Å². The number of methoxy groups -OCH3 is 1. The maximum absolute atomic E-state index is 12.2. The van der Waals surface area contributed by atoms with Gasteiger partial charge < -0.3 is 4.74 Å². The molecule has 0 bridgehead atoms. The van der Waals surface area contributed by atoms with Gasteiger partial charge >= 0.3 is 0 Å². The molecule has 7 heteroatoms. The van der Waals surface area contributed by atoms with Gasteiger partial charge in [0.15, 0.2) is 5.13 Å². The van der Waals surface area contributed by atoms with Gasteiger partial charge in [-0.1, -0.05) is 18.2 Å². The molecule has 0 fully saturated rings. The van der Waals surface area contributed by atoms with Crippen LogP contribution in [0.1, 0.15) is 12.6 Å². The van der Waals surface area contributed by atoms with Crippen LogP contribution < -0.4 is 14.6 Å². The summed E-state index contributed by atoms with van der Waals surface area (Å²) in [7, 11) is 3.48. The Hall–Kier alpha value is -3.19. The average Bonchev–Trinajstić information content (AvgIpc) is 3.15. The smallest absolute Gasteiger partial charge is 0.230 e. The summed E-state index contributed by atoms with van der Waals surface area (Å²) in [5.74, 6) is 0.623. The van der Waals surface area contributed by atoms with Crippen molar-refractivity contribution in [3.05, 3.63) is 65.7 Å². The summed E-state index contributed by atoms with van der Waals surface area (Å²) in [6, 6.07) is 17.1. The first-order chi connectivity index (χ1) is 13.1. The lowest BCUT2D eigenvalue weighted by atomic mass is 10.3. The van der Waals surface area contributed by atoms with Gasteiger partial charge in [0.25, 0.3) is 0 Å². The highest BCUT2D eigenvalue weighted by Crippen LogP contribution is 2.29. The summed E-state index contributed by atoms with van der Waals surface area (Å²) < 4.78 is 5.17. The average molecular weight is 380 g/mol. The zero-order valence-corrected chi connectivity index (χ0v) is 16.2. The van der Waals surface area contributed by atoms with E-state index >= 15 is 0 Å². The lowest BCUT2D eigenvalue weighted by molar-refractivity contribution is -0.115. The van der Waals surface area contributed by atoms with Crippen molar-refractivity contribution in [2.24, 2.45) is 5.10 Å². The van der Waals surface area contributed by atoms with Crippen molar-refractivity contribution in [1.82, 2.24) is 4.98 Å². The molecule has 138 valence electrons. The first-order valence-electron chi connectivity index (χ1n) is 8.31. The number of carbonyl (C=O) groups excluding carboxylic acids is 1. The van der Waals surface area contributed by atoms with E-state index in [1.54, 1.807) is 23.2 Å². The summed E-state index contributed by atoms with van der Waals surface area (Å²) in [6.07, 6.45) is 1.68. The third kappa shape index (κ3) is 4.51. The van der Waals surface area contributed by atoms with Crippen molar-refractivity contribution in [3.63, 3.8) is 0 Å². The van der Waals surface area contributed by atoms with Gasteiger partial charge in [-0.05, 0) is 36.4 Å². The fourth-order valence-electron chi connectivity index (χ4n) is 2.45. The molecule has 0 aliphatic rings. The zero-order chi connectivity index (χ0) is 19.2. The van der Waals surface area contributed by atoms with E-state index in [1.165, 1.54) is 18.3 Å². The molecule has 0 saturated carbocycles. The van der Waals surface area contributed by atoms with Crippen molar-refractivity contribution in [3.8, 4) is 5.75 Å². The van der Waals surface area contributed by atoms with Crippen molar-refractivity contribution >= 4 is 40.0 Å². The minimum atomic E-state index is -0.112. The Labute approximate surface area is 162 Å². The number of thiazole rings is 1. The lowest BCUT2D eigenvalue weighted by Gasteiger charge is -2.18. The Morgan fingerprint density at radius 1 is 1.11 bits per heavy atom. The molecular formula is C20H20N4O2S. The number of nitrogens with zero attached hydrogens (tertiary/aromatic N) is 4. The van der Waals surface area contributed by atoms with E-state index in [1.807, 2.05) is 67.0 Å². The SMILES string of the molecule is COc1ccc(N(C(C)=O)c2nc(/C=N\N(C)c3ccccc3)cs2)cc1. The number of hydrogen-bond acceptors (Lipinski definition) is 6. The zero-order valence-electron chi connectivity index (χ0n) is 15.4. The first kappa shape index (κ1) is 18.6. The minimum Gasteiger partial charge on any atom is -0.497 e. The number of amides is 1. The number of hydrogen-bond donors (Lipinski definition) is 0. The number of ether oxygens (including phenoxy) is 1. The van der Waals surface area contributed by atoms with Crippen LogP contribution >= 0.6 is 11.3 Å². The van der Waals surface area contributed by atoms with E-state index in [0.29, 0.717) is 10.8 Å². The van der Waals surface area contributed by atoms with Gasteiger partial charge in [-0.15, -0.1) is 11.3 Å². The second kappa shape index (κ2) is 8.46. The Morgan fingerprint density at radius 3 is 2.44 bits per heavy atom. The van der Waals surface area contributed by atoms with Crippen LogP contribution in [0.5, 0.6) is 5.75 Å². The Balaban J connectivity index is 1.79. The van der Waals surface area contributed by atoms with Gasteiger partial charge in [0, 0.05) is 19.4 Å². The number of aromatic nitrogens is 1. The third-order valence-corrected chi connectivity index (χ3v) is 4.68. The number of carbonyl (C=O) groups is 1. The topological polar surface area (TPSA) is 58.0 Å². The van der Waals surface area contributed by atoms with Gasteiger partial charge in [0.05, 0.1) is 30.4 Å². The number of anilines is 3. The Bertz CT molecular complexity index is 923. The molecule has 1 amide bonds. The largest absolute Gasteiger partial charge is 0.497 e. The molecule has 0 aliphatic carbocycles. The highest BCUT2D eigenvalue weighted by atomic mass is 32.1. The number of rotatable bonds is 6. The van der Waals surface area contributed by atoms with Crippen molar-refractivity contribution in [2.45, 2.75) is 6.92 Å². The summed E-state index contributed by atoms with van der Waals surface area (Å²) in [5.41, 5.74) is 2.41. The van der Waals surface area contributed by atoms with E-state index in [0.717, 1.165) is 17.1 Å². The van der Waals surface area contributed by atoms with Crippen molar-refractivity contribution in [2.75, 3.05) is 24.1 Å². The summed E-state index contributed by atoms with van der Waals surface area (Å²) in [4.78, 5) is 18.3. The number of para-hydroxylation sites is 1. The maximum atomic E-state index is 12.2. The molecule has 1 aromatic heterocycles. The highest BCUT2D eigenvalue weighted by molar-refractivity contribution is 7.14. The van der Waals surface area contributed by atoms with E-state index in [9.17, 15) is 4.79 Å². The van der Waals surface area contributed by atoms with Crippen LogP contribution in [0.15, 0.2) is 65.1 Å². The fourth-order valence-corrected chi connectivity index (χ4v) is 3.29. The van der Waals surface area contributed by atoms with Gasteiger partial charge in [0.2, 0.25) is 5.91 Å². The van der Waals surface area contributed by atoms with E-state index < -0.39 is 0 Å². The second-order valence-electron chi connectivity index (χ2n) is 5.71. The molecule has 0 N–H and O–H groups in total. The van der Waals surface area contributed by atoms with Crippen LogP contribution in [-0.4, -0.2) is 31.3 Å². The lowest BCUT2D eigenvalue weighted by Crippen LogP contribution is -2.22. The molecule has 0 atom stereocenters. The maximum Gasteiger partial charge on any atom is 0.230 e. The summed E-state index contributed by atoms with van der Waals surface area (Å²) in [5, 5.41) is 8.65. The molecule has 0 saturated heterocycles. The van der Waals surface area contributed by atoms with E-state index in [2.05, 4.69) is 10.1 Å². The first-order valence-corrected chi connectivity index (χ1v) is 9.19. The van der Waals surface area contributed by atoms with Gasteiger partial charge in [-0.25, -0.2) is 4.98 Å². The van der Waals surface area contributed by atoms with Crippen LogP contribution in [0.4, 0.5) is 16.5 Å². The predicted octanol–water partition coefficient (Wildman–Crippen LogP) is 4.31. The molecular weight excluding hydrogens is 360 g/mol. The minimum absolute atomic E-state index is 0.112.